The van der Waals surface area contributed by atoms with Crippen molar-refractivity contribution in [3.8, 4) is 5.75 Å². The second kappa shape index (κ2) is 6.97. The fraction of sp³-hybridized carbons (Fsp3) is 0.389. The highest BCUT2D eigenvalue weighted by atomic mass is 32.1. The Morgan fingerprint density at radius 2 is 1.91 bits per heavy atom. The number of benzene rings is 1. The smallest absolute Gasteiger partial charge is 0.263 e. The molecule has 1 aliphatic rings. The maximum Gasteiger partial charge on any atom is 0.263 e. The van der Waals surface area contributed by atoms with Crippen LogP contribution in [0.25, 0.3) is 0 Å². The number of piperidine rings is 1. The van der Waals surface area contributed by atoms with Gasteiger partial charge in [0.15, 0.2) is 6.10 Å². The summed E-state index contributed by atoms with van der Waals surface area (Å²) >= 11 is 1.82. The number of para-hydroxylation sites is 1. The van der Waals surface area contributed by atoms with Gasteiger partial charge in [0.05, 0.1) is 0 Å². The van der Waals surface area contributed by atoms with Crippen LogP contribution in [0.3, 0.4) is 0 Å². The highest BCUT2D eigenvalue weighted by Gasteiger charge is 2.27. The van der Waals surface area contributed by atoms with Crippen LogP contribution in [0.2, 0.25) is 0 Å². The molecule has 116 valence electrons. The van der Waals surface area contributed by atoms with Gasteiger partial charge in [0.1, 0.15) is 5.75 Å². The number of ether oxygens (including phenoxy) is 1. The maximum atomic E-state index is 12.5. The van der Waals surface area contributed by atoms with Crippen molar-refractivity contribution in [3.63, 3.8) is 0 Å². The molecule has 4 heteroatoms. The zero-order chi connectivity index (χ0) is 15.4. The Balaban J connectivity index is 1.53. The van der Waals surface area contributed by atoms with Gasteiger partial charge >= 0.3 is 0 Å². The summed E-state index contributed by atoms with van der Waals surface area (Å²) in [7, 11) is 0. The van der Waals surface area contributed by atoms with Crippen molar-refractivity contribution >= 4 is 17.2 Å². The number of likely N-dealkylation sites (tertiary alicyclic amines) is 1. The van der Waals surface area contributed by atoms with Crippen LogP contribution in [0, 0.1) is 0 Å². The van der Waals surface area contributed by atoms with E-state index in [1.54, 1.807) is 0 Å². The van der Waals surface area contributed by atoms with Crippen LogP contribution in [-0.4, -0.2) is 30.0 Å². The summed E-state index contributed by atoms with van der Waals surface area (Å²) < 4.78 is 5.74. The molecular weight excluding hydrogens is 294 g/mol. The lowest BCUT2D eigenvalue weighted by Gasteiger charge is -2.33. The lowest BCUT2D eigenvalue weighted by molar-refractivity contribution is -0.139. The minimum absolute atomic E-state index is 0.0912. The van der Waals surface area contributed by atoms with Crippen LogP contribution in [0.15, 0.2) is 47.8 Å². The highest BCUT2D eigenvalue weighted by molar-refractivity contribution is 7.10. The number of thiophene rings is 1. The van der Waals surface area contributed by atoms with Gasteiger partial charge in [-0.1, -0.05) is 24.3 Å². The molecule has 1 atom stereocenters. The van der Waals surface area contributed by atoms with Gasteiger partial charge in [-0.2, -0.15) is 0 Å². The van der Waals surface area contributed by atoms with Crippen molar-refractivity contribution in [1.82, 2.24) is 4.90 Å². The second-order valence-corrected chi connectivity index (χ2v) is 6.67. The Morgan fingerprint density at radius 1 is 1.18 bits per heavy atom. The van der Waals surface area contributed by atoms with Gasteiger partial charge in [-0.15, -0.1) is 11.3 Å². The molecule has 3 rings (SSSR count). The summed E-state index contributed by atoms with van der Waals surface area (Å²) in [4.78, 5) is 15.9. The monoisotopic (exact) mass is 315 g/mol. The summed E-state index contributed by atoms with van der Waals surface area (Å²) in [6.07, 6.45) is 1.66. The van der Waals surface area contributed by atoms with Gasteiger partial charge in [0.25, 0.3) is 5.91 Å². The van der Waals surface area contributed by atoms with E-state index in [1.165, 1.54) is 4.88 Å². The second-order valence-electron chi connectivity index (χ2n) is 5.69. The van der Waals surface area contributed by atoms with E-state index in [-0.39, 0.29) is 5.91 Å². The molecule has 1 amide bonds. The molecule has 1 aromatic heterocycles. The average Bonchev–Trinajstić information content (AvgIpc) is 3.10. The average molecular weight is 315 g/mol. The molecule has 22 heavy (non-hydrogen) atoms. The first-order valence-electron chi connectivity index (χ1n) is 7.78. The van der Waals surface area contributed by atoms with Crippen molar-refractivity contribution in [2.45, 2.75) is 31.8 Å². The summed E-state index contributed by atoms with van der Waals surface area (Å²) in [5, 5.41) is 2.13. The van der Waals surface area contributed by atoms with Crippen molar-refractivity contribution in [2.24, 2.45) is 0 Å². The molecule has 0 radical (unpaired) electrons. The number of amides is 1. The molecule has 1 aliphatic heterocycles. The van der Waals surface area contributed by atoms with Crippen molar-refractivity contribution in [2.75, 3.05) is 13.1 Å². The van der Waals surface area contributed by atoms with E-state index in [1.807, 2.05) is 53.5 Å². The van der Waals surface area contributed by atoms with E-state index in [9.17, 15) is 4.79 Å². The molecule has 2 aromatic rings. The number of rotatable bonds is 4. The predicted molar refractivity (Wildman–Crippen MR) is 89.4 cm³/mol. The lowest BCUT2D eigenvalue weighted by atomic mass is 9.95. The van der Waals surface area contributed by atoms with Crippen LogP contribution >= 0.6 is 11.3 Å². The molecule has 2 heterocycles. The molecule has 0 saturated carbocycles. The van der Waals surface area contributed by atoms with Crippen LogP contribution < -0.4 is 4.74 Å². The molecule has 0 spiro atoms. The van der Waals surface area contributed by atoms with Crippen molar-refractivity contribution < 1.29 is 9.53 Å². The summed E-state index contributed by atoms with van der Waals surface area (Å²) in [5.74, 6) is 1.44. The Hall–Kier alpha value is -1.81. The van der Waals surface area contributed by atoms with E-state index >= 15 is 0 Å². The highest BCUT2D eigenvalue weighted by Crippen LogP contribution is 2.31. The summed E-state index contributed by atoms with van der Waals surface area (Å²) in [6, 6.07) is 13.8. The van der Waals surface area contributed by atoms with Gasteiger partial charge in [0.2, 0.25) is 0 Å². The molecule has 1 aromatic carbocycles. The fourth-order valence-corrected chi connectivity index (χ4v) is 3.82. The first-order valence-corrected chi connectivity index (χ1v) is 8.66. The van der Waals surface area contributed by atoms with E-state index < -0.39 is 6.10 Å². The van der Waals surface area contributed by atoms with Gasteiger partial charge in [0, 0.05) is 18.0 Å². The maximum absolute atomic E-state index is 12.5. The summed E-state index contributed by atoms with van der Waals surface area (Å²) in [6.45, 7) is 3.48. The van der Waals surface area contributed by atoms with E-state index in [0.29, 0.717) is 5.92 Å². The van der Waals surface area contributed by atoms with Gasteiger partial charge in [-0.3, -0.25) is 4.79 Å². The van der Waals surface area contributed by atoms with E-state index in [0.717, 1.165) is 31.7 Å². The molecule has 0 unspecified atom stereocenters. The van der Waals surface area contributed by atoms with Crippen LogP contribution in [-0.2, 0) is 4.79 Å². The molecule has 0 bridgehead atoms. The molecule has 3 nitrogen and oxygen atoms in total. The van der Waals surface area contributed by atoms with Crippen molar-refractivity contribution in [1.29, 1.82) is 0 Å². The molecule has 1 fully saturated rings. The standard InChI is InChI=1S/C18H21NO2S/c1-14(21-16-6-3-2-4-7-16)18(20)19-11-9-15(10-12-19)17-8-5-13-22-17/h2-8,13-15H,9-12H2,1H3/t14-/m1/s1. The van der Waals surface area contributed by atoms with Gasteiger partial charge in [-0.25, -0.2) is 0 Å². The van der Waals surface area contributed by atoms with Crippen molar-refractivity contribution in [3.05, 3.63) is 52.7 Å². The Bertz CT molecular complexity index is 589. The Labute approximate surface area is 135 Å². The molecule has 1 saturated heterocycles. The van der Waals surface area contributed by atoms with Gasteiger partial charge in [-0.05, 0) is 49.3 Å². The zero-order valence-corrected chi connectivity index (χ0v) is 13.6. The summed E-state index contributed by atoms with van der Waals surface area (Å²) in [5.41, 5.74) is 0. The van der Waals surface area contributed by atoms with Crippen LogP contribution in [0.5, 0.6) is 5.75 Å². The van der Waals surface area contributed by atoms with E-state index in [2.05, 4.69) is 17.5 Å². The number of hydrogen-bond donors (Lipinski definition) is 0. The lowest BCUT2D eigenvalue weighted by Crippen LogP contribution is -2.44. The Kier molecular flexibility index (Phi) is 4.78. The molecule has 0 N–H and O–H groups in total. The zero-order valence-electron chi connectivity index (χ0n) is 12.8. The quantitative estimate of drug-likeness (QED) is 0.856. The first-order chi connectivity index (χ1) is 10.7. The minimum Gasteiger partial charge on any atom is -0.481 e. The Morgan fingerprint density at radius 3 is 2.55 bits per heavy atom. The number of carbonyl (C=O) groups excluding carboxylic acids is 1. The van der Waals surface area contributed by atoms with E-state index in [4.69, 9.17) is 4.74 Å². The third-order valence-corrected chi connectivity index (χ3v) is 5.19. The fourth-order valence-electron chi connectivity index (χ4n) is 2.92. The third kappa shape index (κ3) is 3.50. The van der Waals surface area contributed by atoms with Gasteiger partial charge < -0.3 is 9.64 Å². The topological polar surface area (TPSA) is 29.5 Å². The normalized spacial score (nSPS) is 17.2. The molecular formula is C18H21NO2S. The SMILES string of the molecule is C[C@@H](Oc1ccccc1)C(=O)N1CCC(c2cccs2)CC1. The van der Waals surface area contributed by atoms with Crippen LogP contribution in [0.1, 0.15) is 30.6 Å². The minimum atomic E-state index is -0.430. The first kappa shape index (κ1) is 15.1. The van der Waals surface area contributed by atoms with Crippen LogP contribution in [0.4, 0.5) is 0 Å². The predicted octanol–water partition coefficient (Wildman–Crippen LogP) is 3.92. The third-order valence-electron chi connectivity index (χ3n) is 4.16. The molecule has 0 aliphatic carbocycles. The largest absolute Gasteiger partial charge is 0.481 e. The number of hydrogen-bond acceptors (Lipinski definition) is 3. The number of carbonyl (C=O) groups is 1. The number of nitrogens with zero attached hydrogens (tertiary/aromatic N) is 1.